The molecule has 1 amide bonds. The molecule has 1 saturated heterocycles. The molecule has 0 aromatic carbocycles. The van der Waals surface area contributed by atoms with E-state index in [9.17, 15) is 4.79 Å². The first-order chi connectivity index (χ1) is 9.03. The number of rotatable bonds is 3. The summed E-state index contributed by atoms with van der Waals surface area (Å²) in [5.74, 6) is 1.11. The SMILES string of the molecule is CCC1CCC(NC(=O)C2NCCCC2(C)C)CC1. The summed E-state index contributed by atoms with van der Waals surface area (Å²) in [7, 11) is 0. The van der Waals surface area contributed by atoms with Gasteiger partial charge in [-0.3, -0.25) is 4.79 Å². The van der Waals surface area contributed by atoms with E-state index < -0.39 is 0 Å². The zero-order valence-electron chi connectivity index (χ0n) is 12.8. The average molecular weight is 266 g/mol. The van der Waals surface area contributed by atoms with Crippen LogP contribution >= 0.6 is 0 Å². The van der Waals surface area contributed by atoms with Gasteiger partial charge in [0.05, 0.1) is 6.04 Å². The lowest BCUT2D eigenvalue weighted by Gasteiger charge is -2.39. The van der Waals surface area contributed by atoms with E-state index in [1.807, 2.05) is 0 Å². The molecule has 0 radical (unpaired) electrons. The summed E-state index contributed by atoms with van der Waals surface area (Å²) in [4.78, 5) is 12.5. The van der Waals surface area contributed by atoms with E-state index in [0.717, 1.165) is 31.7 Å². The van der Waals surface area contributed by atoms with Gasteiger partial charge in [-0.15, -0.1) is 0 Å². The molecule has 1 aliphatic carbocycles. The molecule has 19 heavy (non-hydrogen) atoms. The van der Waals surface area contributed by atoms with E-state index in [2.05, 4.69) is 31.4 Å². The third-order valence-corrected chi connectivity index (χ3v) is 5.16. The van der Waals surface area contributed by atoms with E-state index in [0.29, 0.717) is 6.04 Å². The van der Waals surface area contributed by atoms with Gasteiger partial charge in [-0.1, -0.05) is 27.2 Å². The molecule has 1 heterocycles. The molecule has 1 aliphatic heterocycles. The van der Waals surface area contributed by atoms with Gasteiger partial charge in [-0.25, -0.2) is 0 Å². The zero-order chi connectivity index (χ0) is 13.9. The fraction of sp³-hybridized carbons (Fsp3) is 0.938. The fourth-order valence-electron chi connectivity index (χ4n) is 3.66. The highest BCUT2D eigenvalue weighted by Crippen LogP contribution is 2.31. The van der Waals surface area contributed by atoms with Crippen molar-refractivity contribution in [1.29, 1.82) is 0 Å². The van der Waals surface area contributed by atoms with Crippen LogP contribution < -0.4 is 10.6 Å². The Morgan fingerprint density at radius 3 is 2.53 bits per heavy atom. The third-order valence-electron chi connectivity index (χ3n) is 5.16. The van der Waals surface area contributed by atoms with Crippen molar-refractivity contribution in [3.05, 3.63) is 0 Å². The van der Waals surface area contributed by atoms with Crippen molar-refractivity contribution in [3.8, 4) is 0 Å². The lowest BCUT2D eigenvalue weighted by Crippen LogP contribution is -2.57. The molecule has 2 rings (SSSR count). The smallest absolute Gasteiger partial charge is 0.237 e. The van der Waals surface area contributed by atoms with Crippen molar-refractivity contribution >= 4 is 5.91 Å². The molecule has 0 aromatic rings. The van der Waals surface area contributed by atoms with Crippen molar-refractivity contribution in [2.75, 3.05) is 6.54 Å². The first-order valence-electron chi connectivity index (χ1n) is 8.06. The summed E-state index contributed by atoms with van der Waals surface area (Å²) in [6.45, 7) is 7.66. The predicted molar refractivity (Wildman–Crippen MR) is 79.0 cm³/mol. The average Bonchev–Trinajstić information content (AvgIpc) is 2.39. The largest absolute Gasteiger partial charge is 0.352 e. The summed E-state index contributed by atoms with van der Waals surface area (Å²) in [5.41, 5.74) is 0.0863. The lowest BCUT2D eigenvalue weighted by molar-refractivity contribution is -0.127. The topological polar surface area (TPSA) is 41.1 Å². The minimum absolute atomic E-state index is 0.00912. The maximum atomic E-state index is 12.5. The number of hydrogen-bond acceptors (Lipinski definition) is 2. The predicted octanol–water partition coefficient (Wildman–Crippen LogP) is 2.85. The summed E-state index contributed by atoms with van der Waals surface area (Å²) in [5, 5.41) is 6.69. The van der Waals surface area contributed by atoms with E-state index in [1.54, 1.807) is 0 Å². The number of amides is 1. The molecule has 110 valence electrons. The second kappa shape index (κ2) is 6.25. The van der Waals surface area contributed by atoms with Crippen LogP contribution in [0.2, 0.25) is 0 Å². The number of hydrogen-bond donors (Lipinski definition) is 2. The van der Waals surface area contributed by atoms with Crippen molar-refractivity contribution in [2.24, 2.45) is 11.3 Å². The highest BCUT2D eigenvalue weighted by atomic mass is 16.2. The van der Waals surface area contributed by atoms with Crippen LogP contribution in [0, 0.1) is 11.3 Å². The highest BCUT2D eigenvalue weighted by molar-refractivity contribution is 5.83. The molecule has 1 atom stereocenters. The Morgan fingerprint density at radius 1 is 1.26 bits per heavy atom. The van der Waals surface area contributed by atoms with Crippen molar-refractivity contribution < 1.29 is 4.79 Å². The van der Waals surface area contributed by atoms with Gasteiger partial charge in [-0.2, -0.15) is 0 Å². The number of piperidine rings is 1. The van der Waals surface area contributed by atoms with Crippen LogP contribution in [0.3, 0.4) is 0 Å². The van der Waals surface area contributed by atoms with Crippen LogP contribution in [0.15, 0.2) is 0 Å². The third kappa shape index (κ3) is 3.71. The van der Waals surface area contributed by atoms with Crippen LogP contribution in [-0.4, -0.2) is 24.5 Å². The van der Waals surface area contributed by atoms with Crippen LogP contribution in [0.4, 0.5) is 0 Å². The van der Waals surface area contributed by atoms with Gasteiger partial charge < -0.3 is 10.6 Å². The molecule has 3 heteroatoms. The van der Waals surface area contributed by atoms with Gasteiger partial charge in [0.1, 0.15) is 0 Å². The molecular formula is C16H30N2O. The standard InChI is InChI=1S/C16H30N2O/c1-4-12-6-8-13(9-7-12)18-15(19)14-16(2,3)10-5-11-17-14/h12-14,17H,4-11H2,1-3H3,(H,18,19). The first kappa shape index (κ1) is 14.8. The minimum atomic E-state index is -0.00912. The Kier molecular flexibility index (Phi) is 4.88. The minimum Gasteiger partial charge on any atom is -0.352 e. The molecule has 0 aromatic heterocycles. The van der Waals surface area contributed by atoms with Gasteiger partial charge in [0.15, 0.2) is 0 Å². The Labute approximate surface area is 117 Å². The molecule has 2 N–H and O–H groups in total. The molecular weight excluding hydrogens is 236 g/mol. The number of nitrogens with one attached hydrogen (secondary N) is 2. The Bertz CT molecular complexity index is 306. The van der Waals surface area contributed by atoms with Crippen LogP contribution in [0.25, 0.3) is 0 Å². The van der Waals surface area contributed by atoms with Crippen LogP contribution in [-0.2, 0) is 4.79 Å². The second-order valence-electron chi connectivity index (χ2n) is 7.11. The first-order valence-corrected chi connectivity index (χ1v) is 8.06. The van der Waals surface area contributed by atoms with Crippen molar-refractivity contribution in [1.82, 2.24) is 10.6 Å². The number of carbonyl (C=O) groups is 1. The Balaban J connectivity index is 1.84. The zero-order valence-corrected chi connectivity index (χ0v) is 12.8. The monoisotopic (exact) mass is 266 g/mol. The van der Waals surface area contributed by atoms with E-state index in [4.69, 9.17) is 0 Å². The van der Waals surface area contributed by atoms with Crippen LogP contribution in [0.1, 0.15) is 65.7 Å². The van der Waals surface area contributed by atoms with E-state index >= 15 is 0 Å². The lowest BCUT2D eigenvalue weighted by atomic mass is 9.77. The molecule has 3 nitrogen and oxygen atoms in total. The summed E-state index contributed by atoms with van der Waals surface area (Å²) in [6, 6.07) is 0.403. The molecule has 0 spiro atoms. The van der Waals surface area contributed by atoms with Gasteiger partial charge in [0.2, 0.25) is 5.91 Å². The van der Waals surface area contributed by atoms with Crippen molar-refractivity contribution in [3.63, 3.8) is 0 Å². The Hall–Kier alpha value is -0.570. The Morgan fingerprint density at radius 2 is 1.95 bits per heavy atom. The summed E-state index contributed by atoms with van der Waals surface area (Å²) >= 11 is 0. The second-order valence-corrected chi connectivity index (χ2v) is 7.11. The van der Waals surface area contributed by atoms with Gasteiger partial charge >= 0.3 is 0 Å². The van der Waals surface area contributed by atoms with Gasteiger partial charge in [0.25, 0.3) is 0 Å². The number of carbonyl (C=O) groups excluding carboxylic acids is 1. The maximum absolute atomic E-state index is 12.5. The normalized spacial score (nSPS) is 34.8. The van der Waals surface area contributed by atoms with E-state index in [-0.39, 0.29) is 17.4 Å². The molecule has 1 saturated carbocycles. The summed E-state index contributed by atoms with van der Waals surface area (Å²) < 4.78 is 0. The van der Waals surface area contributed by atoms with Crippen LogP contribution in [0.5, 0.6) is 0 Å². The van der Waals surface area contributed by atoms with Gasteiger partial charge in [-0.05, 0) is 56.4 Å². The summed E-state index contributed by atoms with van der Waals surface area (Å²) in [6.07, 6.45) is 8.50. The van der Waals surface area contributed by atoms with Gasteiger partial charge in [0, 0.05) is 6.04 Å². The van der Waals surface area contributed by atoms with E-state index in [1.165, 1.54) is 25.7 Å². The molecule has 1 unspecified atom stereocenters. The quantitative estimate of drug-likeness (QED) is 0.824. The molecule has 2 fully saturated rings. The maximum Gasteiger partial charge on any atom is 0.237 e. The molecule has 2 aliphatic rings. The fourth-order valence-corrected chi connectivity index (χ4v) is 3.66. The van der Waals surface area contributed by atoms with Crippen molar-refractivity contribution in [2.45, 2.75) is 77.8 Å². The highest BCUT2D eigenvalue weighted by Gasteiger charge is 2.37. The molecule has 0 bridgehead atoms.